The summed E-state index contributed by atoms with van der Waals surface area (Å²) in [6.45, 7) is 3.40. The molecule has 0 aliphatic carbocycles. The van der Waals surface area contributed by atoms with Crippen LogP contribution < -0.4 is 5.32 Å². The zero-order valence-electron chi connectivity index (χ0n) is 23.5. The molecule has 1 atom stereocenters. The molecule has 2 amide bonds. The van der Waals surface area contributed by atoms with E-state index in [1.807, 2.05) is 0 Å². The van der Waals surface area contributed by atoms with Crippen molar-refractivity contribution in [2.45, 2.75) is 56.2 Å². The molecule has 0 unspecified atom stereocenters. The van der Waals surface area contributed by atoms with Gasteiger partial charge in [0.05, 0.1) is 21.7 Å². The van der Waals surface area contributed by atoms with Gasteiger partial charge in [0.2, 0.25) is 0 Å². The minimum absolute atomic E-state index is 0. The van der Waals surface area contributed by atoms with Crippen molar-refractivity contribution in [3.05, 3.63) is 63.1 Å². The van der Waals surface area contributed by atoms with Crippen molar-refractivity contribution in [2.75, 3.05) is 44.6 Å². The summed E-state index contributed by atoms with van der Waals surface area (Å²) in [6, 6.07) is 6.17. The summed E-state index contributed by atoms with van der Waals surface area (Å²) < 4.78 is 54.3. The summed E-state index contributed by atoms with van der Waals surface area (Å²) in [6.07, 6.45) is 0.585. The SMILES string of the molecule is C[C@@](O)(C(=O)N1CCC(N2CC(Nc3cc(Cl)c(C(=O)N4CCC(F)(F)CC4)c(Cl)c3)C2)CC1)c1cc(F)cc(F)c1.S. The minimum Gasteiger partial charge on any atom is -0.380 e. The van der Waals surface area contributed by atoms with Gasteiger partial charge in [-0.1, -0.05) is 23.2 Å². The molecule has 7 nitrogen and oxygen atoms in total. The van der Waals surface area contributed by atoms with Crippen molar-refractivity contribution < 1.29 is 32.3 Å². The highest BCUT2D eigenvalue weighted by atomic mass is 35.5. The van der Waals surface area contributed by atoms with Crippen molar-refractivity contribution in [3.63, 3.8) is 0 Å². The second-order valence-electron chi connectivity index (χ2n) is 11.5. The standard InChI is InChI=1S/C29H32Cl2F4N4O3.H2S/c1-28(42,17-10-18(32)12-19(33)11-17)27(41)38-6-2-22(3-7-38)39-15-21(16-39)36-20-13-23(30)25(24(31)14-20)26(40)37-8-4-29(34,35)5-9-37;/h10-14,21-22,36,42H,2-9,15-16H2,1H3;1H2/t28-;/m0./s1. The van der Waals surface area contributed by atoms with E-state index in [4.69, 9.17) is 23.2 Å². The summed E-state index contributed by atoms with van der Waals surface area (Å²) >= 11 is 12.8. The lowest BCUT2D eigenvalue weighted by atomic mass is 9.91. The number of anilines is 1. The monoisotopic (exact) mass is 664 g/mol. The van der Waals surface area contributed by atoms with Gasteiger partial charge in [-0.3, -0.25) is 14.5 Å². The summed E-state index contributed by atoms with van der Waals surface area (Å²) in [7, 11) is 0. The highest BCUT2D eigenvalue weighted by Crippen LogP contribution is 2.35. The quantitative estimate of drug-likeness (QED) is 0.413. The Morgan fingerprint density at radius 2 is 1.47 bits per heavy atom. The lowest BCUT2D eigenvalue weighted by molar-refractivity contribution is -0.152. The highest BCUT2D eigenvalue weighted by Gasteiger charge is 2.41. The van der Waals surface area contributed by atoms with Gasteiger partial charge < -0.3 is 20.2 Å². The molecule has 2 N–H and O–H groups in total. The Labute approximate surface area is 264 Å². The van der Waals surface area contributed by atoms with Crippen LogP contribution in [0, 0.1) is 11.6 Å². The first-order valence-corrected chi connectivity index (χ1v) is 14.6. The largest absolute Gasteiger partial charge is 0.380 e. The van der Waals surface area contributed by atoms with Gasteiger partial charge in [0.25, 0.3) is 17.7 Å². The molecule has 0 radical (unpaired) electrons. The predicted octanol–water partition coefficient (Wildman–Crippen LogP) is 5.25. The first-order chi connectivity index (χ1) is 19.7. The molecule has 2 aromatic carbocycles. The lowest BCUT2D eigenvalue weighted by Crippen LogP contribution is -2.61. The molecular formula is C29H34Cl2F4N4O3S. The van der Waals surface area contributed by atoms with Gasteiger partial charge in [-0.15, -0.1) is 0 Å². The Morgan fingerprint density at radius 1 is 0.930 bits per heavy atom. The van der Waals surface area contributed by atoms with E-state index in [9.17, 15) is 32.3 Å². The Hall–Kier alpha value is -2.25. The third-order valence-corrected chi connectivity index (χ3v) is 9.02. The van der Waals surface area contributed by atoms with Crippen molar-refractivity contribution in [3.8, 4) is 0 Å². The number of likely N-dealkylation sites (tertiary alicyclic amines) is 3. The lowest BCUT2D eigenvalue weighted by Gasteiger charge is -2.48. The fraction of sp³-hybridized carbons (Fsp3) is 0.517. The van der Waals surface area contributed by atoms with Crippen molar-refractivity contribution in [1.82, 2.24) is 14.7 Å². The van der Waals surface area contributed by atoms with Crippen LogP contribution in [-0.2, 0) is 10.4 Å². The van der Waals surface area contributed by atoms with Crippen LogP contribution in [0.15, 0.2) is 30.3 Å². The van der Waals surface area contributed by atoms with Crippen LogP contribution in [0.3, 0.4) is 0 Å². The average Bonchev–Trinajstić information content (AvgIpc) is 2.89. The number of amides is 2. The maximum Gasteiger partial charge on any atom is 0.258 e. The van der Waals surface area contributed by atoms with Gasteiger partial charge in [0.15, 0.2) is 5.60 Å². The Bertz CT molecular complexity index is 1320. The van der Waals surface area contributed by atoms with Gasteiger partial charge in [0.1, 0.15) is 11.6 Å². The topological polar surface area (TPSA) is 76.1 Å². The summed E-state index contributed by atoms with van der Waals surface area (Å²) in [5.41, 5.74) is -1.43. The summed E-state index contributed by atoms with van der Waals surface area (Å²) in [5, 5.41) is 14.5. The van der Waals surface area contributed by atoms with Crippen LogP contribution in [0.2, 0.25) is 10.0 Å². The molecule has 3 aliphatic rings. The first-order valence-electron chi connectivity index (χ1n) is 13.9. The van der Waals surface area contributed by atoms with E-state index in [0.717, 1.165) is 25.2 Å². The molecule has 0 bridgehead atoms. The Morgan fingerprint density at radius 3 is 2.00 bits per heavy atom. The Kier molecular flexibility index (Phi) is 10.2. The number of alkyl halides is 2. The third-order valence-electron chi connectivity index (χ3n) is 8.43. The van der Waals surface area contributed by atoms with Crippen LogP contribution in [0.5, 0.6) is 0 Å². The van der Waals surface area contributed by atoms with E-state index in [1.165, 1.54) is 16.7 Å². The van der Waals surface area contributed by atoms with Crippen molar-refractivity contribution in [2.24, 2.45) is 0 Å². The fourth-order valence-corrected chi connectivity index (χ4v) is 6.54. The van der Waals surface area contributed by atoms with Gasteiger partial charge >= 0.3 is 0 Å². The highest BCUT2D eigenvalue weighted by molar-refractivity contribution is 7.59. The van der Waals surface area contributed by atoms with Crippen LogP contribution in [0.4, 0.5) is 23.2 Å². The number of hydrogen-bond donors (Lipinski definition) is 2. The second kappa shape index (κ2) is 13.0. The molecule has 0 spiro atoms. The number of hydrogen-bond acceptors (Lipinski definition) is 5. The van der Waals surface area contributed by atoms with E-state index in [1.54, 1.807) is 12.1 Å². The minimum atomic E-state index is -2.77. The van der Waals surface area contributed by atoms with E-state index in [-0.39, 0.29) is 59.8 Å². The molecule has 3 fully saturated rings. The number of benzene rings is 2. The van der Waals surface area contributed by atoms with Gasteiger partial charge in [-0.25, -0.2) is 17.6 Å². The molecule has 3 heterocycles. The summed E-state index contributed by atoms with van der Waals surface area (Å²) in [4.78, 5) is 31.1. The van der Waals surface area contributed by atoms with E-state index < -0.39 is 47.8 Å². The number of nitrogens with one attached hydrogen (secondary N) is 1. The molecule has 3 saturated heterocycles. The van der Waals surface area contributed by atoms with Crippen LogP contribution in [0.25, 0.3) is 0 Å². The number of piperidine rings is 2. The molecule has 236 valence electrons. The van der Waals surface area contributed by atoms with E-state index in [2.05, 4.69) is 10.2 Å². The second-order valence-corrected chi connectivity index (χ2v) is 12.3. The zero-order valence-corrected chi connectivity index (χ0v) is 26.0. The van der Waals surface area contributed by atoms with Crippen LogP contribution in [-0.4, -0.2) is 88.9 Å². The van der Waals surface area contributed by atoms with Crippen molar-refractivity contribution >= 4 is 54.2 Å². The van der Waals surface area contributed by atoms with Gasteiger partial charge in [-0.05, 0) is 49.6 Å². The van der Waals surface area contributed by atoms with Crippen molar-refractivity contribution in [1.29, 1.82) is 0 Å². The smallest absolute Gasteiger partial charge is 0.258 e. The van der Waals surface area contributed by atoms with E-state index in [0.29, 0.717) is 37.7 Å². The maximum absolute atomic E-state index is 13.7. The number of aliphatic hydroxyl groups is 1. The molecule has 14 heteroatoms. The molecule has 3 aliphatic heterocycles. The molecule has 0 saturated carbocycles. The maximum atomic E-state index is 13.7. The fourth-order valence-electron chi connectivity index (χ4n) is 5.89. The van der Waals surface area contributed by atoms with Gasteiger partial charge in [-0.2, -0.15) is 13.5 Å². The van der Waals surface area contributed by atoms with E-state index >= 15 is 0 Å². The average molecular weight is 666 g/mol. The molecule has 43 heavy (non-hydrogen) atoms. The summed E-state index contributed by atoms with van der Waals surface area (Å²) in [5.74, 6) is -5.55. The molecular weight excluding hydrogens is 631 g/mol. The third kappa shape index (κ3) is 7.36. The van der Waals surface area contributed by atoms with Crippen LogP contribution >= 0.6 is 36.7 Å². The zero-order chi connectivity index (χ0) is 30.4. The first kappa shape index (κ1) is 33.6. The van der Waals surface area contributed by atoms with Crippen LogP contribution in [0.1, 0.15) is 48.5 Å². The number of rotatable bonds is 6. The molecule has 5 rings (SSSR count). The number of carbonyl (C=O) groups excluding carboxylic acids is 2. The molecule has 2 aromatic rings. The molecule has 0 aromatic heterocycles. The number of nitrogens with zero attached hydrogens (tertiary/aromatic N) is 3. The normalized spacial score (nSPS) is 21.0. The van der Waals surface area contributed by atoms with Gasteiger partial charge in [0, 0.05) is 69.9 Å². The number of carbonyl (C=O) groups is 2. The number of halogens is 6. The Balaban J connectivity index is 0.00000423. The predicted molar refractivity (Wildman–Crippen MR) is 161 cm³/mol.